The minimum Gasteiger partial charge on any atom is -0.495 e. The minimum absolute atomic E-state index is 0.0116. The molecule has 1 atom stereocenters. The number of methoxy groups -OCH3 is 1. The lowest BCUT2D eigenvalue weighted by molar-refractivity contribution is -0.135. The van der Waals surface area contributed by atoms with E-state index in [0.717, 1.165) is 28.4 Å². The first-order chi connectivity index (χ1) is 8.52. The van der Waals surface area contributed by atoms with Crippen molar-refractivity contribution in [2.45, 2.75) is 24.0 Å². The molecule has 0 bridgehead atoms. The maximum Gasteiger partial charge on any atom is 0.323 e. The van der Waals surface area contributed by atoms with Crippen LogP contribution in [0.15, 0.2) is 17.0 Å². The number of fused-ring (bicyclic) bond motifs is 1. The maximum atomic E-state index is 11.0. The number of benzene rings is 1. The molecule has 0 fully saturated rings. The Morgan fingerprint density at radius 3 is 2.94 bits per heavy atom. The van der Waals surface area contributed by atoms with E-state index in [-0.39, 0.29) is 6.54 Å². The van der Waals surface area contributed by atoms with Gasteiger partial charge < -0.3 is 14.7 Å². The number of aryl methyl sites for hydroxylation is 1. The fourth-order valence-electron chi connectivity index (χ4n) is 2.21. The van der Waals surface area contributed by atoms with Crippen molar-refractivity contribution in [1.29, 1.82) is 0 Å². The third kappa shape index (κ3) is 2.41. The SMILES string of the molecule is COc1ccc(C)c2c1N(CC(=O)O)CC(C)S2. The number of aliphatic carboxylic acids is 1. The van der Waals surface area contributed by atoms with Crippen LogP contribution in [0.25, 0.3) is 0 Å². The molecule has 1 N–H and O–H groups in total. The van der Waals surface area contributed by atoms with Crippen molar-refractivity contribution in [1.82, 2.24) is 0 Å². The number of thioether (sulfide) groups is 1. The second-order valence-electron chi connectivity index (χ2n) is 4.47. The molecule has 2 rings (SSSR count). The molecular weight excluding hydrogens is 250 g/mol. The Morgan fingerprint density at radius 2 is 2.33 bits per heavy atom. The van der Waals surface area contributed by atoms with Crippen LogP contribution in [-0.2, 0) is 4.79 Å². The van der Waals surface area contributed by atoms with Gasteiger partial charge in [0.1, 0.15) is 12.3 Å². The minimum atomic E-state index is -0.816. The number of carbonyl (C=O) groups is 1. The van der Waals surface area contributed by atoms with Crippen LogP contribution in [0.3, 0.4) is 0 Å². The van der Waals surface area contributed by atoms with E-state index in [1.807, 2.05) is 24.0 Å². The average Bonchev–Trinajstić information content (AvgIpc) is 2.29. The van der Waals surface area contributed by atoms with Gasteiger partial charge in [0.15, 0.2) is 0 Å². The molecule has 1 aromatic rings. The average molecular weight is 267 g/mol. The topological polar surface area (TPSA) is 49.8 Å². The summed E-state index contributed by atoms with van der Waals surface area (Å²) in [6.07, 6.45) is 0. The molecule has 4 nitrogen and oxygen atoms in total. The summed E-state index contributed by atoms with van der Waals surface area (Å²) in [7, 11) is 1.62. The van der Waals surface area contributed by atoms with Gasteiger partial charge in [-0.1, -0.05) is 13.0 Å². The van der Waals surface area contributed by atoms with Gasteiger partial charge in [-0.05, 0) is 18.6 Å². The molecule has 1 aromatic carbocycles. The zero-order chi connectivity index (χ0) is 13.3. The summed E-state index contributed by atoms with van der Waals surface area (Å²) in [4.78, 5) is 14.0. The number of rotatable bonds is 3. The summed E-state index contributed by atoms with van der Waals surface area (Å²) in [5.41, 5.74) is 2.08. The predicted molar refractivity (Wildman–Crippen MR) is 72.9 cm³/mol. The summed E-state index contributed by atoms with van der Waals surface area (Å²) >= 11 is 1.78. The molecule has 0 aromatic heterocycles. The lowest BCUT2D eigenvalue weighted by Crippen LogP contribution is -2.37. The van der Waals surface area contributed by atoms with Crippen molar-refractivity contribution in [3.8, 4) is 5.75 Å². The molecule has 0 radical (unpaired) electrons. The van der Waals surface area contributed by atoms with Crippen molar-refractivity contribution in [3.63, 3.8) is 0 Å². The lowest BCUT2D eigenvalue weighted by atomic mass is 10.1. The third-order valence-corrected chi connectivity index (χ3v) is 4.25. The number of hydrogen-bond donors (Lipinski definition) is 1. The highest BCUT2D eigenvalue weighted by molar-refractivity contribution is 8.00. The van der Waals surface area contributed by atoms with Gasteiger partial charge in [-0.2, -0.15) is 0 Å². The van der Waals surface area contributed by atoms with Crippen LogP contribution in [0.5, 0.6) is 5.75 Å². The van der Waals surface area contributed by atoms with Gasteiger partial charge >= 0.3 is 5.97 Å². The summed E-state index contributed by atoms with van der Waals surface area (Å²) in [5.74, 6) is -0.0696. The Labute approximate surface area is 111 Å². The first kappa shape index (κ1) is 13.1. The molecular formula is C13H17NO3S. The van der Waals surface area contributed by atoms with Crippen LogP contribution in [-0.4, -0.2) is 36.5 Å². The molecule has 98 valence electrons. The summed E-state index contributed by atoms with van der Waals surface area (Å²) in [5, 5.41) is 9.40. The van der Waals surface area contributed by atoms with Gasteiger partial charge in [0, 0.05) is 16.7 Å². The zero-order valence-electron chi connectivity index (χ0n) is 10.8. The Morgan fingerprint density at radius 1 is 1.61 bits per heavy atom. The van der Waals surface area contributed by atoms with Crippen LogP contribution >= 0.6 is 11.8 Å². The van der Waals surface area contributed by atoms with Crippen molar-refractivity contribution in [3.05, 3.63) is 17.7 Å². The Hall–Kier alpha value is -1.36. The van der Waals surface area contributed by atoms with E-state index in [1.165, 1.54) is 0 Å². The molecule has 0 aliphatic carbocycles. The molecule has 1 heterocycles. The van der Waals surface area contributed by atoms with Gasteiger partial charge in [0.2, 0.25) is 0 Å². The first-order valence-corrected chi connectivity index (χ1v) is 6.72. The van der Waals surface area contributed by atoms with E-state index < -0.39 is 5.97 Å². The molecule has 1 aliphatic rings. The van der Waals surface area contributed by atoms with E-state index in [1.54, 1.807) is 18.9 Å². The number of carboxylic acid groups (broad SMARTS) is 1. The Bertz CT molecular complexity index is 476. The van der Waals surface area contributed by atoms with Crippen molar-refractivity contribution in [2.75, 3.05) is 25.1 Å². The Balaban J connectivity index is 2.50. The van der Waals surface area contributed by atoms with Crippen molar-refractivity contribution in [2.24, 2.45) is 0 Å². The fraction of sp³-hybridized carbons (Fsp3) is 0.462. The normalized spacial score (nSPS) is 18.4. The Kier molecular flexibility index (Phi) is 3.71. The summed E-state index contributed by atoms with van der Waals surface area (Å²) < 4.78 is 5.37. The highest BCUT2D eigenvalue weighted by Gasteiger charge is 2.28. The van der Waals surface area contributed by atoms with E-state index in [0.29, 0.717) is 5.25 Å². The zero-order valence-corrected chi connectivity index (χ0v) is 11.6. The van der Waals surface area contributed by atoms with Crippen molar-refractivity contribution < 1.29 is 14.6 Å². The lowest BCUT2D eigenvalue weighted by Gasteiger charge is -2.35. The second kappa shape index (κ2) is 5.10. The van der Waals surface area contributed by atoms with Gasteiger partial charge in [0.25, 0.3) is 0 Å². The number of carboxylic acids is 1. The van der Waals surface area contributed by atoms with Crippen LogP contribution in [0, 0.1) is 6.92 Å². The second-order valence-corrected chi connectivity index (χ2v) is 5.91. The maximum absolute atomic E-state index is 11.0. The molecule has 18 heavy (non-hydrogen) atoms. The molecule has 0 saturated heterocycles. The number of nitrogens with zero attached hydrogens (tertiary/aromatic N) is 1. The van der Waals surface area contributed by atoms with Crippen molar-refractivity contribution >= 4 is 23.4 Å². The van der Waals surface area contributed by atoms with Gasteiger partial charge in [-0.3, -0.25) is 4.79 Å². The standard InChI is InChI=1S/C13H17NO3S/c1-8-4-5-10(17-3)12-13(8)18-9(2)6-14(12)7-11(15)16/h4-5,9H,6-7H2,1-3H3,(H,15,16). The third-order valence-electron chi connectivity index (χ3n) is 2.95. The molecule has 0 saturated carbocycles. The van der Waals surface area contributed by atoms with E-state index in [4.69, 9.17) is 9.84 Å². The smallest absolute Gasteiger partial charge is 0.323 e. The molecule has 1 unspecified atom stereocenters. The van der Waals surface area contributed by atoms with E-state index >= 15 is 0 Å². The van der Waals surface area contributed by atoms with Crippen LogP contribution < -0.4 is 9.64 Å². The van der Waals surface area contributed by atoms with Crippen LogP contribution in [0.1, 0.15) is 12.5 Å². The summed E-state index contributed by atoms with van der Waals surface area (Å²) in [6, 6.07) is 3.92. The van der Waals surface area contributed by atoms with Crippen LogP contribution in [0.4, 0.5) is 5.69 Å². The number of hydrogen-bond acceptors (Lipinski definition) is 4. The predicted octanol–water partition coefficient (Wildman–Crippen LogP) is 2.39. The molecule has 1 aliphatic heterocycles. The van der Waals surface area contributed by atoms with E-state index in [9.17, 15) is 4.79 Å². The summed E-state index contributed by atoms with van der Waals surface area (Å²) in [6.45, 7) is 4.89. The van der Waals surface area contributed by atoms with Gasteiger partial charge in [0.05, 0.1) is 12.8 Å². The fourth-order valence-corrected chi connectivity index (χ4v) is 3.47. The monoisotopic (exact) mass is 267 g/mol. The van der Waals surface area contributed by atoms with Gasteiger partial charge in [-0.25, -0.2) is 0 Å². The highest BCUT2D eigenvalue weighted by Crippen LogP contribution is 2.45. The highest BCUT2D eigenvalue weighted by atomic mass is 32.2. The molecule has 0 spiro atoms. The molecule has 5 heteroatoms. The number of ether oxygens (including phenoxy) is 1. The van der Waals surface area contributed by atoms with Crippen LogP contribution in [0.2, 0.25) is 0 Å². The van der Waals surface area contributed by atoms with Gasteiger partial charge in [-0.15, -0.1) is 11.8 Å². The quantitative estimate of drug-likeness (QED) is 0.911. The largest absolute Gasteiger partial charge is 0.495 e. The molecule has 0 amide bonds. The van der Waals surface area contributed by atoms with E-state index in [2.05, 4.69) is 6.92 Å². The first-order valence-electron chi connectivity index (χ1n) is 5.84. The number of anilines is 1.